The van der Waals surface area contributed by atoms with Crippen LogP contribution in [0.5, 0.6) is 0 Å². The summed E-state index contributed by atoms with van der Waals surface area (Å²) in [6, 6.07) is 0. The molecule has 0 radical (unpaired) electrons. The van der Waals surface area contributed by atoms with Gasteiger partial charge < -0.3 is 5.21 Å². The van der Waals surface area contributed by atoms with Gasteiger partial charge in [-0.05, 0) is 12.8 Å². The Kier molecular flexibility index (Phi) is 9.56. The largest absolute Gasteiger partial charge is 0.613 e. The smallest absolute Gasteiger partial charge is 0.179 e. The molecule has 0 fully saturated rings. The van der Waals surface area contributed by atoms with Gasteiger partial charge in [0.15, 0.2) is 6.54 Å². The Morgan fingerprint density at radius 2 is 1.71 bits per heavy atom. The number of hydrogen-bond donors (Lipinski definition) is 5. The van der Waals surface area contributed by atoms with E-state index in [1.165, 1.54) is 19.3 Å². The van der Waals surface area contributed by atoms with Gasteiger partial charge in [-0.3, -0.25) is 5.17 Å². The van der Waals surface area contributed by atoms with Crippen molar-refractivity contribution in [3.63, 3.8) is 0 Å². The summed E-state index contributed by atoms with van der Waals surface area (Å²) in [5.74, 6) is 0. The summed E-state index contributed by atoms with van der Waals surface area (Å²) in [5.41, 5.74) is 2.66. The van der Waals surface area contributed by atoms with Crippen LogP contribution >= 0.6 is 0 Å². The summed E-state index contributed by atoms with van der Waals surface area (Å²) >= 11 is 0. The highest BCUT2D eigenvalue weighted by Crippen LogP contribution is 2.00. The van der Waals surface area contributed by atoms with Gasteiger partial charge in [-0.1, -0.05) is 26.2 Å². The van der Waals surface area contributed by atoms with E-state index in [1.54, 1.807) is 0 Å². The maximum Gasteiger partial charge on any atom is 0.179 e. The molecule has 0 bridgehead atoms. The van der Waals surface area contributed by atoms with E-state index in [9.17, 15) is 5.21 Å². The van der Waals surface area contributed by atoms with Crippen LogP contribution in [0, 0.1) is 5.21 Å². The Morgan fingerprint density at radius 1 is 1.06 bits per heavy atom. The van der Waals surface area contributed by atoms with Gasteiger partial charge in [-0.15, -0.1) is 15.6 Å². The molecular weight excluding hydrogens is 226 g/mol. The third-order valence-electron chi connectivity index (χ3n) is 2.46. The monoisotopic (exact) mass is 252 g/mol. The highest BCUT2D eigenvalue weighted by Gasteiger charge is 2.16. The highest BCUT2D eigenvalue weighted by atomic mass is 17.1. The Labute approximate surface area is 102 Å². The van der Waals surface area contributed by atoms with E-state index in [1.807, 2.05) is 0 Å². The first-order valence-electron chi connectivity index (χ1n) is 6.28. The van der Waals surface area contributed by atoms with Crippen LogP contribution in [0.4, 0.5) is 0 Å². The molecule has 0 amide bonds. The van der Waals surface area contributed by atoms with Crippen LogP contribution < -0.4 is 10.6 Å². The third kappa shape index (κ3) is 13.7. The normalized spacial score (nSPS) is 13.9. The van der Waals surface area contributed by atoms with Crippen LogP contribution in [-0.2, 0) is 0 Å². The number of hydrogen-bond acceptors (Lipinski definition) is 5. The van der Waals surface area contributed by atoms with Crippen molar-refractivity contribution in [3.8, 4) is 0 Å². The first-order chi connectivity index (χ1) is 7.95. The lowest BCUT2D eigenvalue weighted by Gasteiger charge is -2.22. The van der Waals surface area contributed by atoms with Crippen molar-refractivity contribution in [2.24, 2.45) is 0 Å². The average molecular weight is 252 g/mol. The van der Waals surface area contributed by atoms with Crippen molar-refractivity contribution >= 4 is 0 Å². The molecule has 17 heavy (non-hydrogen) atoms. The molecule has 0 aliphatic rings. The Morgan fingerprint density at radius 3 is 2.29 bits per heavy atom. The molecule has 0 aliphatic heterocycles. The predicted molar refractivity (Wildman–Crippen MR) is 61.1 cm³/mol. The molecular formula is C10H26N3O4+. The number of rotatable bonds is 11. The predicted octanol–water partition coefficient (Wildman–Crippen LogP) is 0.219. The van der Waals surface area contributed by atoms with Crippen LogP contribution in [0.2, 0.25) is 0 Å². The molecule has 0 saturated heterocycles. The van der Waals surface area contributed by atoms with Gasteiger partial charge in [0.05, 0.1) is 18.1 Å². The second kappa shape index (κ2) is 9.72. The molecule has 1 unspecified atom stereocenters. The van der Waals surface area contributed by atoms with E-state index in [0.717, 1.165) is 12.8 Å². The van der Waals surface area contributed by atoms with Crippen molar-refractivity contribution in [1.29, 1.82) is 0 Å². The van der Waals surface area contributed by atoms with Crippen LogP contribution in [0.15, 0.2) is 0 Å². The minimum absolute atomic E-state index is 0.0200. The molecule has 0 rings (SSSR count). The van der Waals surface area contributed by atoms with E-state index >= 15 is 0 Å². The lowest BCUT2D eigenvalue weighted by Crippen LogP contribution is -3.14. The van der Waals surface area contributed by atoms with E-state index in [0.29, 0.717) is 19.5 Å². The molecule has 1 atom stereocenters. The zero-order chi connectivity index (χ0) is 13.1. The maximum absolute atomic E-state index is 11.3. The fraction of sp³-hybridized carbons (Fsp3) is 1.00. The molecule has 5 N–H and O–H groups in total. The molecule has 0 aromatic carbocycles. The minimum atomic E-state index is -2.03. The van der Waals surface area contributed by atoms with Gasteiger partial charge in [0, 0.05) is 6.42 Å². The van der Waals surface area contributed by atoms with Gasteiger partial charge in [-0.25, -0.2) is 0 Å². The molecule has 0 aliphatic carbocycles. The molecule has 0 spiro atoms. The summed E-state index contributed by atoms with van der Waals surface area (Å²) < 4.78 is 0. The summed E-state index contributed by atoms with van der Waals surface area (Å²) in [5, 5.41) is 36.9. The SMILES string of the molecule is CCCCCCC[NH+]([O-])NCCC[N+](O)(O)O. The third-order valence-corrected chi connectivity index (χ3v) is 2.46. The minimum Gasteiger partial charge on any atom is -0.613 e. The van der Waals surface area contributed by atoms with Gasteiger partial charge in [0.2, 0.25) is 0 Å². The summed E-state index contributed by atoms with van der Waals surface area (Å²) in [6.07, 6.45) is 5.85. The number of unbranched alkanes of at least 4 members (excludes halogenated alkanes) is 4. The first-order valence-corrected chi connectivity index (χ1v) is 6.28. The first kappa shape index (κ1) is 16.7. The van der Waals surface area contributed by atoms with Gasteiger partial charge in [0.25, 0.3) is 0 Å². The molecule has 0 aromatic heterocycles. The van der Waals surface area contributed by atoms with Crippen molar-refractivity contribution in [1.82, 2.24) is 5.43 Å². The molecule has 104 valence electrons. The Balaban J connectivity index is 3.26. The van der Waals surface area contributed by atoms with Gasteiger partial charge >= 0.3 is 0 Å². The molecule has 0 heterocycles. The molecule has 0 aromatic rings. The molecule has 7 heteroatoms. The fourth-order valence-corrected chi connectivity index (χ4v) is 1.50. The van der Waals surface area contributed by atoms with E-state index in [2.05, 4.69) is 12.3 Å². The van der Waals surface area contributed by atoms with Gasteiger partial charge in [0.1, 0.15) is 0 Å². The van der Waals surface area contributed by atoms with Crippen LogP contribution in [-0.4, -0.2) is 40.2 Å². The number of quaternary nitrogens is 2. The summed E-state index contributed by atoms with van der Waals surface area (Å²) in [4.78, 5) is -2.03. The summed E-state index contributed by atoms with van der Waals surface area (Å²) in [7, 11) is 0. The van der Waals surface area contributed by atoms with Crippen molar-refractivity contribution in [2.45, 2.75) is 45.4 Å². The lowest BCUT2D eigenvalue weighted by atomic mass is 10.2. The molecule has 7 nitrogen and oxygen atoms in total. The summed E-state index contributed by atoms with van der Waals surface area (Å²) in [6.45, 7) is 2.78. The van der Waals surface area contributed by atoms with Crippen LogP contribution in [0.3, 0.4) is 0 Å². The molecule has 0 saturated carbocycles. The number of hydroxylamine groups is 4. The lowest BCUT2D eigenvalue weighted by molar-refractivity contribution is -1.37. The van der Waals surface area contributed by atoms with E-state index in [-0.39, 0.29) is 11.7 Å². The average Bonchev–Trinajstić information content (AvgIpc) is 2.23. The van der Waals surface area contributed by atoms with Gasteiger partial charge in [-0.2, -0.15) is 5.43 Å². The fourth-order valence-electron chi connectivity index (χ4n) is 1.50. The van der Waals surface area contributed by atoms with E-state index in [4.69, 9.17) is 15.6 Å². The van der Waals surface area contributed by atoms with Crippen molar-refractivity contribution < 1.29 is 25.8 Å². The topological polar surface area (TPSA) is 100 Å². The van der Waals surface area contributed by atoms with E-state index < -0.39 is 4.97 Å². The number of nitrogens with one attached hydrogen (secondary N) is 2. The quantitative estimate of drug-likeness (QED) is 0.206. The second-order valence-corrected chi connectivity index (χ2v) is 4.28. The maximum atomic E-state index is 11.3. The Hall–Kier alpha value is -0.280. The second-order valence-electron chi connectivity index (χ2n) is 4.28. The zero-order valence-electron chi connectivity index (χ0n) is 10.6. The van der Waals surface area contributed by atoms with Crippen molar-refractivity contribution in [2.75, 3.05) is 19.6 Å². The zero-order valence-corrected chi connectivity index (χ0v) is 10.6. The Bertz CT molecular complexity index is 175. The standard InChI is InChI=1S/C10H26N3O4/c1-2-3-4-5-6-9-12(14)11-8-7-10-13(15,16)17/h11-12,15-17H,2-10H2,1H3/q+1. The van der Waals surface area contributed by atoms with Crippen molar-refractivity contribution in [3.05, 3.63) is 5.21 Å². The number of nitrogens with zero attached hydrogens (tertiary/aromatic N) is 1. The van der Waals surface area contributed by atoms with Crippen LogP contribution in [0.25, 0.3) is 0 Å². The highest BCUT2D eigenvalue weighted by molar-refractivity contribution is 4.41. The van der Waals surface area contributed by atoms with Crippen LogP contribution in [0.1, 0.15) is 45.4 Å².